The van der Waals surface area contributed by atoms with E-state index in [1.807, 2.05) is 42.5 Å². The molecule has 2 aromatic carbocycles. The van der Waals surface area contributed by atoms with E-state index in [-0.39, 0.29) is 5.91 Å². The molecule has 7 heteroatoms. The molecule has 1 amide bonds. The van der Waals surface area contributed by atoms with E-state index < -0.39 is 0 Å². The maximum atomic E-state index is 13.1. The molecule has 0 aliphatic heterocycles. The molecule has 0 unspecified atom stereocenters. The van der Waals surface area contributed by atoms with Gasteiger partial charge in [0.1, 0.15) is 5.69 Å². The number of hydrogen-bond donors (Lipinski definition) is 2. The number of nitrogens with one attached hydrogen (secondary N) is 1. The molecule has 35 heavy (non-hydrogen) atoms. The van der Waals surface area contributed by atoms with Crippen LogP contribution < -0.4 is 11.1 Å². The van der Waals surface area contributed by atoms with Crippen LogP contribution in [-0.4, -0.2) is 32.4 Å². The maximum absolute atomic E-state index is 13.1. The smallest absolute Gasteiger partial charge is 0.270 e. The Morgan fingerprint density at radius 2 is 1.71 bits per heavy atom. The molecular formula is C28H25N6O+. The van der Waals surface area contributed by atoms with Gasteiger partial charge in [-0.2, -0.15) is 0 Å². The molecule has 4 N–H and O–H groups in total. The number of carbonyl (C=O) groups excluding carboxylic acids is 1. The van der Waals surface area contributed by atoms with E-state index in [9.17, 15) is 4.79 Å². The number of rotatable bonds is 7. The molecule has 0 aliphatic carbocycles. The highest BCUT2D eigenvalue weighted by molar-refractivity contribution is 6.06. The van der Waals surface area contributed by atoms with Crippen LogP contribution in [-0.2, 0) is 13.0 Å². The lowest BCUT2D eigenvalue weighted by atomic mass is 9.96. The molecule has 0 atom stereocenters. The predicted molar refractivity (Wildman–Crippen MR) is 135 cm³/mol. The predicted octanol–water partition coefficient (Wildman–Crippen LogP) is 3.47. The molecule has 172 valence electrons. The summed E-state index contributed by atoms with van der Waals surface area (Å²) in [7, 11) is 0. The Morgan fingerprint density at radius 3 is 2.46 bits per heavy atom. The first-order chi connectivity index (χ1) is 17.2. The Hall–Kier alpha value is -4.49. The summed E-state index contributed by atoms with van der Waals surface area (Å²) < 4.78 is 0. The van der Waals surface area contributed by atoms with Gasteiger partial charge in [0, 0.05) is 59.8 Å². The summed E-state index contributed by atoms with van der Waals surface area (Å²) >= 11 is 0. The molecule has 7 nitrogen and oxygen atoms in total. The number of amides is 1. The van der Waals surface area contributed by atoms with Crippen molar-refractivity contribution in [2.24, 2.45) is 0 Å². The number of nitrogens with zero attached hydrogens (tertiary/aromatic N) is 4. The van der Waals surface area contributed by atoms with E-state index in [0.29, 0.717) is 24.0 Å². The summed E-state index contributed by atoms with van der Waals surface area (Å²) in [4.78, 5) is 30.8. The van der Waals surface area contributed by atoms with Gasteiger partial charge in [0.25, 0.3) is 5.91 Å². The van der Waals surface area contributed by atoms with Gasteiger partial charge in [0.15, 0.2) is 0 Å². The van der Waals surface area contributed by atoms with Gasteiger partial charge in [0.2, 0.25) is 0 Å². The van der Waals surface area contributed by atoms with Crippen molar-refractivity contribution in [3.63, 3.8) is 0 Å². The highest BCUT2D eigenvalue weighted by Gasteiger charge is 2.17. The van der Waals surface area contributed by atoms with Crippen molar-refractivity contribution in [2.45, 2.75) is 13.0 Å². The Bertz CT molecular complexity index is 1450. The number of fused-ring (bicyclic) bond motifs is 1. The second kappa shape index (κ2) is 10.2. The Kier molecular flexibility index (Phi) is 6.50. The van der Waals surface area contributed by atoms with Gasteiger partial charge in [-0.15, -0.1) is 0 Å². The van der Waals surface area contributed by atoms with Gasteiger partial charge >= 0.3 is 0 Å². The molecule has 0 fully saturated rings. The van der Waals surface area contributed by atoms with E-state index in [4.69, 9.17) is 4.98 Å². The van der Waals surface area contributed by atoms with Crippen LogP contribution in [0.2, 0.25) is 0 Å². The van der Waals surface area contributed by atoms with Crippen LogP contribution in [0.5, 0.6) is 0 Å². The lowest BCUT2D eigenvalue weighted by Gasteiger charge is -2.13. The fourth-order valence-corrected chi connectivity index (χ4v) is 4.01. The second-order valence-electron chi connectivity index (χ2n) is 8.13. The minimum Gasteiger partial charge on any atom is -0.354 e. The van der Waals surface area contributed by atoms with Crippen LogP contribution in [0.4, 0.5) is 0 Å². The zero-order valence-corrected chi connectivity index (χ0v) is 19.2. The topological polar surface area (TPSA) is 108 Å². The number of carbonyl (C=O) groups is 1. The molecule has 0 spiro atoms. The van der Waals surface area contributed by atoms with Gasteiger partial charge < -0.3 is 11.1 Å². The molecule has 3 heterocycles. The fourth-order valence-electron chi connectivity index (χ4n) is 4.01. The number of benzene rings is 2. The van der Waals surface area contributed by atoms with Crippen molar-refractivity contribution in [1.82, 2.24) is 25.3 Å². The first-order valence-corrected chi connectivity index (χ1v) is 11.5. The van der Waals surface area contributed by atoms with E-state index in [1.54, 1.807) is 24.8 Å². The van der Waals surface area contributed by atoms with Crippen molar-refractivity contribution in [3.8, 4) is 22.4 Å². The number of quaternary nitrogens is 1. The molecule has 5 rings (SSSR count). The van der Waals surface area contributed by atoms with E-state index in [2.05, 4.69) is 50.3 Å². The molecule has 0 saturated heterocycles. The summed E-state index contributed by atoms with van der Waals surface area (Å²) in [6, 6.07) is 22.2. The van der Waals surface area contributed by atoms with Crippen LogP contribution in [0, 0.1) is 0 Å². The lowest BCUT2D eigenvalue weighted by Crippen LogP contribution is -2.47. The van der Waals surface area contributed by atoms with Crippen molar-refractivity contribution >= 4 is 16.8 Å². The van der Waals surface area contributed by atoms with Crippen LogP contribution in [0.25, 0.3) is 33.3 Å². The van der Waals surface area contributed by atoms with Crippen molar-refractivity contribution < 1.29 is 10.5 Å². The molecule has 0 saturated carbocycles. The third-order valence-corrected chi connectivity index (χ3v) is 5.84. The monoisotopic (exact) mass is 461 g/mol. The van der Waals surface area contributed by atoms with E-state index >= 15 is 0 Å². The summed E-state index contributed by atoms with van der Waals surface area (Å²) in [5, 5.41) is 3.66. The average molecular weight is 462 g/mol. The minimum absolute atomic E-state index is 0.243. The van der Waals surface area contributed by atoms with Gasteiger partial charge in [-0.1, -0.05) is 54.6 Å². The number of aromatic nitrogens is 4. The Labute approximate surface area is 203 Å². The minimum atomic E-state index is -0.243. The standard InChI is InChI=1S/C28H24N6O/c29-17-19-6-8-21(9-7-19)26-23(20-4-2-1-3-5-20)16-24-25(34-26)11-13-32-27(24)28(35)33-12-10-22-18-30-14-15-31-22/h1-9,11,13-16,18H,10,12,17,29H2,(H,33,35)/p+1. The molecular weight excluding hydrogens is 436 g/mol. The third-order valence-electron chi connectivity index (χ3n) is 5.84. The summed E-state index contributed by atoms with van der Waals surface area (Å²) in [5.74, 6) is -0.243. The second-order valence-corrected chi connectivity index (χ2v) is 8.13. The first kappa shape index (κ1) is 22.3. The number of pyridine rings is 2. The van der Waals surface area contributed by atoms with Crippen LogP contribution in [0.15, 0.2) is 91.5 Å². The quantitative estimate of drug-likeness (QED) is 0.386. The van der Waals surface area contributed by atoms with Crippen LogP contribution >= 0.6 is 0 Å². The normalized spacial score (nSPS) is 10.9. The zero-order valence-electron chi connectivity index (χ0n) is 19.2. The Morgan fingerprint density at radius 1 is 0.886 bits per heavy atom. The molecule has 0 bridgehead atoms. The highest BCUT2D eigenvalue weighted by Crippen LogP contribution is 2.34. The van der Waals surface area contributed by atoms with Gasteiger partial charge in [-0.25, -0.2) is 4.98 Å². The molecule has 0 aliphatic rings. The largest absolute Gasteiger partial charge is 0.354 e. The summed E-state index contributed by atoms with van der Waals surface area (Å²) in [6.45, 7) is 1.17. The molecule has 0 radical (unpaired) electrons. The van der Waals surface area contributed by atoms with Crippen molar-refractivity contribution in [3.05, 3.63) is 108 Å². The van der Waals surface area contributed by atoms with Gasteiger partial charge in [-0.3, -0.25) is 19.7 Å². The first-order valence-electron chi connectivity index (χ1n) is 11.5. The SMILES string of the molecule is [NH3+]Cc1ccc(-c2nc3ccnc(C(=O)NCCc4cnccn4)c3cc2-c2ccccc2)cc1. The highest BCUT2D eigenvalue weighted by atomic mass is 16.1. The maximum Gasteiger partial charge on any atom is 0.270 e. The third kappa shape index (κ3) is 4.90. The Balaban J connectivity index is 1.54. The summed E-state index contributed by atoms with van der Waals surface area (Å²) in [5.41, 5.74) is 10.9. The zero-order chi connectivity index (χ0) is 24.0. The van der Waals surface area contributed by atoms with Crippen molar-refractivity contribution in [2.75, 3.05) is 6.54 Å². The fraction of sp³-hybridized carbons (Fsp3) is 0.107. The van der Waals surface area contributed by atoms with Crippen molar-refractivity contribution in [1.29, 1.82) is 0 Å². The average Bonchev–Trinajstić information content (AvgIpc) is 2.93. The van der Waals surface area contributed by atoms with Gasteiger partial charge in [0.05, 0.1) is 23.4 Å². The molecule has 5 aromatic rings. The lowest BCUT2D eigenvalue weighted by molar-refractivity contribution is -0.386. The summed E-state index contributed by atoms with van der Waals surface area (Å²) in [6.07, 6.45) is 7.19. The number of hydrogen-bond acceptors (Lipinski definition) is 5. The van der Waals surface area contributed by atoms with Crippen LogP contribution in [0.1, 0.15) is 21.7 Å². The van der Waals surface area contributed by atoms with Crippen LogP contribution in [0.3, 0.4) is 0 Å². The van der Waals surface area contributed by atoms with Gasteiger partial charge in [-0.05, 0) is 17.7 Å². The molecule has 3 aromatic heterocycles. The van der Waals surface area contributed by atoms with E-state index in [1.165, 1.54) is 5.56 Å². The van der Waals surface area contributed by atoms with E-state index in [0.717, 1.165) is 40.1 Å².